The topological polar surface area (TPSA) is 50.4 Å². The number of anilines is 1. The van der Waals surface area contributed by atoms with E-state index >= 15 is 0 Å². The summed E-state index contributed by atoms with van der Waals surface area (Å²) in [7, 11) is 0. The molecule has 2 aromatic carbocycles. The Labute approximate surface area is 145 Å². The average Bonchev–Trinajstić information content (AvgIpc) is 2.45. The molecule has 2 aromatic rings. The number of carbonyl (C=O) groups excluding carboxylic acids is 1. The standard InChI is InChI=1S/C18H21BrN2O2/c1-12-9-13(2)17(14(3)10-12)23-8-7-20-18(22)21-16-6-4-5-15(19)11-16/h4-6,9-11H,7-8H2,1-3H3,(H2,20,21,22). The SMILES string of the molecule is Cc1cc(C)c(OCCNC(=O)Nc2cccc(Br)c2)c(C)c1. The van der Waals surface area contributed by atoms with Crippen LogP contribution >= 0.6 is 15.9 Å². The molecule has 0 spiro atoms. The molecule has 2 N–H and O–H groups in total. The van der Waals surface area contributed by atoms with Crippen LogP contribution < -0.4 is 15.4 Å². The van der Waals surface area contributed by atoms with Gasteiger partial charge in [-0.3, -0.25) is 0 Å². The highest BCUT2D eigenvalue weighted by molar-refractivity contribution is 9.10. The minimum atomic E-state index is -0.246. The first kappa shape index (κ1) is 17.3. The molecule has 23 heavy (non-hydrogen) atoms. The summed E-state index contributed by atoms with van der Waals surface area (Å²) in [5.74, 6) is 0.893. The number of ether oxygens (including phenoxy) is 1. The van der Waals surface area contributed by atoms with E-state index in [1.165, 1.54) is 5.56 Å². The van der Waals surface area contributed by atoms with Gasteiger partial charge in [0.05, 0.1) is 6.54 Å². The fourth-order valence-corrected chi connectivity index (χ4v) is 2.85. The van der Waals surface area contributed by atoms with Crippen LogP contribution in [-0.4, -0.2) is 19.2 Å². The van der Waals surface area contributed by atoms with Crippen LogP contribution in [0, 0.1) is 20.8 Å². The molecule has 0 bridgehead atoms. The summed E-state index contributed by atoms with van der Waals surface area (Å²) >= 11 is 3.37. The Kier molecular flexibility index (Phi) is 6.04. The molecule has 0 fully saturated rings. The van der Waals surface area contributed by atoms with Gasteiger partial charge < -0.3 is 15.4 Å². The summed E-state index contributed by atoms with van der Waals surface area (Å²) in [5, 5.41) is 5.56. The largest absolute Gasteiger partial charge is 0.491 e. The lowest BCUT2D eigenvalue weighted by Gasteiger charge is -2.13. The maximum absolute atomic E-state index is 11.8. The van der Waals surface area contributed by atoms with Crippen molar-refractivity contribution >= 4 is 27.6 Å². The van der Waals surface area contributed by atoms with Crippen LogP contribution in [0.25, 0.3) is 0 Å². The third-order valence-electron chi connectivity index (χ3n) is 3.32. The van der Waals surface area contributed by atoms with Gasteiger partial charge in [0.15, 0.2) is 0 Å². The smallest absolute Gasteiger partial charge is 0.319 e. The molecule has 0 aliphatic rings. The number of urea groups is 1. The highest BCUT2D eigenvalue weighted by Crippen LogP contribution is 2.24. The highest BCUT2D eigenvalue weighted by Gasteiger charge is 2.06. The van der Waals surface area contributed by atoms with Crippen molar-refractivity contribution in [1.29, 1.82) is 0 Å². The lowest BCUT2D eigenvalue weighted by Crippen LogP contribution is -2.32. The Hall–Kier alpha value is -2.01. The summed E-state index contributed by atoms with van der Waals surface area (Å²) in [6.07, 6.45) is 0. The van der Waals surface area contributed by atoms with Gasteiger partial charge >= 0.3 is 6.03 Å². The predicted molar refractivity (Wildman–Crippen MR) is 97.3 cm³/mol. The van der Waals surface area contributed by atoms with Crippen LogP contribution in [0.4, 0.5) is 10.5 Å². The van der Waals surface area contributed by atoms with E-state index in [4.69, 9.17) is 4.74 Å². The fourth-order valence-electron chi connectivity index (χ4n) is 2.45. The van der Waals surface area contributed by atoms with Gasteiger partial charge in [-0.15, -0.1) is 0 Å². The molecule has 5 heteroatoms. The Bertz CT molecular complexity index is 678. The summed E-state index contributed by atoms with van der Waals surface area (Å²) in [4.78, 5) is 11.8. The highest BCUT2D eigenvalue weighted by atomic mass is 79.9. The van der Waals surface area contributed by atoms with E-state index in [2.05, 4.69) is 45.6 Å². The number of halogens is 1. The van der Waals surface area contributed by atoms with Crippen LogP contribution in [0.3, 0.4) is 0 Å². The van der Waals surface area contributed by atoms with Crippen molar-refractivity contribution in [3.05, 3.63) is 57.6 Å². The van der Waals surface area contributed by atoms with Crippen LogP contribution in [0.2, 0.25) is 0 Å². The number of rotatable bonds is 5. The number of carbonyl (C=O) groups is 1. The molecule has 0 aromatic heterocycles. The van der Waals surface area contributed by atoms with E-state index < -0.39 is 0 Å². The van der Waals surface area contributed by atoms with Crippen LogP contribution in [-0.2, 0) is 0 Å². The number of benzene rings is 2. The zero-order valence-electron chi connectivity index (χ0n) is 13.6. The van der Waals surface area contributed by atoms with Gasteiger partial charge in [0.1, 0.15) is 12.4 Å². The van der Waals surface area contributed by atoms with Gasteiger partial charge in [0, 0.05) is 10.2 Å². The van der Waals surface area contributed by atoms with Gasteiger partial charge in [-0.25, -0.2) is 4.79 Å². The molecular weight excluding hydrogens is 356 g/mol. The molecule has 2 amide bonds. The lowest BCUT2D eigenvalue weighted by molar-refractivity contribution is 0.247. The summed E-state index contributed by atoms with van der Waals surface area (Å²) in [6, 6.07) is 11.4. The molecule has 0 heterocycles. The fraction of sp³-hybridized carbons (Fsp3) is 0.278. The second kappa shape index (κ2) is 8.02. The number of aryl methyl sites for hydroxylation is 3. The molecule has 4 nitrogen and oxygen atoms in total. The predicted octanol–water partition coefficient (Wildman–Crippen LogP) is 4.57. The molecule has 0 saturated heterocycles. The van der Waals surface area contributed by atoms with Crippen molar-refractivity contribution in [2.75, 3.05) is 18.5 Å². The first-order valence-corrected chi connectivity index (χ1v) is 8.26. The first-order valence-electron chi connectivity index (χ1n) is 7.47. The van der Waals surface area contributed by atoms with Gasteiger partial charge in [-0.05, 0) is 50.1 Å². The molecule has 0 aliphatic carbocycles. The Morgan fingerprint density at radius 3 is 2.48 bits per heavy atom. The molecule has 2 rings (SSSR count). The Morgan fingerprint density at radius 2 is 1.83 bits per heavy atom. The third-order valence-corrected chi connectivity index (χ3v) is 3.81. The second-order valence-corrected chi connectivity index (χ2v) is 6.38. The van der Waals surface area contributed by atoms with Crippen LogP contribution in [0.5, 0.6) is 5.75 Å². The number of hydrogen-bond acceptors (Lipinski definition) is 2. The zero-order valence-corrected chi connectivity index (χ0v) is 15.2. The van der Waals surface area contributed by atoms with E-state index in [0.717, 1.165) is 27.0 Å². The molecule has 0 atom stereocenters. The first-order chi connectivity index (χ1) is 11.0. The maximum atomic E-state index is 11.8. The lowest BCUT2D eigenvalue weighted by atomic mass is 10.1. The number of hydrogen-bond donors (Lipinski definition) is 2. The van der Waals surface area contributed by atoms with E-state index in [-0.39, 0.29) is 6.03 Å². The normalized spacial score (nSPS) is 10.3. The summed E-state index contributed by atoms with van der Waals surface area (Å²) in [6.45, 7) is 6.99. The van der Waals surface area contributed by atoms with E-state index in [9.17, 15) is 4.79 Å². The van der Waals surface area contributed by atoms with Crippen molar-refractivity contribution in [3.8, 4) is 5.75 Å². The van der Waals surface area contributed by atoms with E-state index in [0.29, 0.717) is 13.2 Å². The van der Waals surface area contributed by atoms with E-state index in [1.807, 2.05) is 38.1 Å². The minimum Gasteiger partial charge on any atom is -0.491 e. The summed E-state index contributed by atoms with van der Waals surface area (Å²) in [5.41, 5.74) is 4.18. The molecular formula is C18H21BrN2O2. The van der Waals surface area contributed by atoms with Crippen molar-refractivity contribution in [2.45, 2.75) is 20.8 Å². The molecule has 0 unspecified atom stereocenters. The second-order valence-electron chi connectivity index (χ2n) is 5.47. The number of amides is 2. The van der Waals surface area contributed by atoms with Crippen molar-refractivity contribution in [1.82, 2.24) is 5.32 Å². The third kappa shape index (κ3) is 5.28. The van der Waals surface area contributed by atoms with Crippen molar-refractivity contribution in [2.24, 2.45) is 0 Å². The van der Waals surface area contributed by atoms with Gasteiger partial charge in [-0.2, -0.15) is 0 Å². The van der Waals surface area contributed by atoms with Gasteiger partial charge in [0.2, 0.25) is 0 Å². The minimum absolute atomic E-state index is 0.246. The molecule has 122 valence electrons. The Balaban J connectivity index is 1.78. The monoisotopic (exact) mass is 376 g/mol. The quantitative estimate of drug-likeness (QED) is 0.750. The maximum Gasteiger partial charge on any atom is 0.319 e. The molecule has 0 saturated carbocycles. The average molecular weight is 377 g/mol. The van der Waals surface area contributed by atoms with Gasteiger partial charge in [0.25, 0.3) is 0 Å². The van der Waals surface area contributed by atoms with Crippen LogP contribution in [0.1, 0.15) is 16.7 Å². The van der Waals surface area contributed by atoms with E-state index in [1.54, 1.807) is 0 Å². The molecule has 0 aliphatic heterocycles. The Morgan fingerprint density at radius 1 is 1.13 bits per heavy atom. The van der Waals surface area contributed by atoms with Crippen LogP contribution in [0.15, 0.2) is 40.9 Å². The summed E-state index contributed by atoms with van der Waals surface area (Å²) < 4.78 is 6.71. The number of nitrogens with one attached hydrogen (secondary N) is 2. The molecule has 0 radical (unpaired) electrons. The van der Waals surface area contributed by atoms with Crippen molar-refractivity contribution in [3.63, 3.8) is 0 Å². The van der Waals surface area contributed by atoms with Crippen molar-refractivity contribution < 1.29 is 9.53 Å². The zero-order chi connectivity index (χ0) is 16.8. The van der Waals surface area contributed by atoms with Gasteiger partial charge in [-0.1, -0.05) is 39.7 Å².